The van der Waals surface area contributed by atoms with E-state index in [4.69, 9.17) is 15.1 Å². The minimum Gasteiger partial charge on any atom is -0.376 e. The van der Waals surface area contributed by atoms with E-state index in [1.165, 1.54) is 5.56 Å². The third-order valence-corrected chi connectivity index (χ3v) is 7.28. The summed E-state index contributed by atoms with van der Waals surface area (Å²) < 4.78 is 1.84. The first-order valence-corrected chi connectivity index (χ1v) is 12.3. The number of aromatic nitrogens is 5. The Kier molecular flexibility index (Phi) is 4.25. The predicted octanol–water partition coefficient (Wildman–Crippen LogP) is 4.66. The molecule has 35 heavy (non-hydrogen) atoms. The lowest BCUT2D eigenvalue weighted by Crippen LogP contribution is -2.09. The van der Waals surface area contributed by atoms with Crippen molar-refractivity contribution >= 4 is 39.4 Å². The van der Waals surface area contributed by atoms with Gasteiger partial charge in [0.2, 0.25) is 0 Å². The fourth-order valence-electron chi connectivity index (χ4n) is 4.75. The van der Waals surface area contributed by atoms with E-state index in [1.54, 1.807) is 11.3 Å². The number of hydrogen-bond acceptors (Lipinski definition) is 8. The second-order valence-electron chi connectivity index (χ2n) is 9.02. The van der Waals surface area contributed by atoms with E-state index in [2.05, 4.69) is 44.6 Å². The van der Waals surface area contributed by atoms with Gasteiger partial charge in [0.1, 0.15) is 5.69 Å². The highest BCUT2D eigenvalue weighted by molar-refractivity contribution is 7.08. The zero-order valence-corrected chi connectivity index (χ0v) is 20.3. The minimum atomic E-state index is 0.138. The highest BCUT2D eigenvalue weighted by Gasteiger charge is 2.43. The molecule has 2 N–H and O–H groups in total. The highest BCUT2D eigenvalue weighted by atomic mass is 32.1. The van der Waals surface area contributed by atoms with Crippen molar-refractivity contribution in [2.75, 3.05) is 24.3 Å². The van der Waals surface area contributed by atoms with Crippen LogP contribution in [0.25, 0.3) is 39.1 Å². The van der Waals surface area contributed by atoms with Crippen molar-refractivity contribution in [3.8, 4) is 22.4 Å². The van der Waals surface area contributed by atoms with E-state index in [0.29, 0.717) is 0 Å². The van der Waals surface area contributed by atoms with Crippen molar-refractivity contribution < 1.29 is 0 Å². The standard InChI is InChI=1S/C26H22N8S/c1-33(2)17-8-15(10-27-12-17)16-9-18-22(32-34(3)26(18)29-11-16)24-25-23(31-25)20-19(30-24)4-6-28-21(20)14-5-7-35-13-14/h4-13,23,30-31H,1-3H3. The van der Waals surface area contributed by atoms with Crippen molar-refractivity contribution in [2.45, 2.75) is 6.04 Å². The van der Waals surface area contributed by atoms with Gasteiger partial charge in [-0.05, 0) is 29.6 Å². The van der Waals surface area contributed by atoms with Crippen LogP contribution in [0.15, 0.2) is 65.5 Å². The van der Waals surface area contributed by atoms with E-state index in [1.807, 2.05) is 61.6 Å². The van der Waals surface area contributed by atoms with Crippen LogP contribution in [0.1, 0.15) is 17.3 Å². The highest BCUT2D eigenvalue weighted by Crippen LogP contribution is 2.50. The van der Waals surface area contributed by atoms with Gasteiger partial charge < -0.3 is 15.5 Å². The first kappa shape index (κ1) is 20.2. The van der Waals surface area contributed by atoms with Crippen LogP contribution in [0.4, 0.5) is 11.4 Å². The topological polar surface area (TPSA) is 93.7 Å². The maximum absolute atomic E-state index is 4.87. The van der Waals surface area contributed by atoms with Crippen molar-refractivity contribution in [3.05, 3.63) is 76.8 Å². The first-order chi connectivity index (χ1) is 17.1. The van der Waals surface area contributed by atoms with Gasteiger partial charge in [0.05, 0.1) is 35.0 Å². The summed E-state index contributed by atoms with van der Waals surface area (Å²) in [5, 5.41) is 17.3. The predicted molar refractivity (Wildman–Crippen MR) is 140 cm³/mol. The number of fused-ring (bicyclic) bond motifs is 4. The summed E-state index contributed by atoms with van der Waals surface area (Å²) in [5.74, 6) is 0. The Hall–Kier alpha value is -4.24. The fourth-order valence-corrected chi connectivity index (χ4v) is 5.39. The smallest absolute Gasteiger partial charge is 0.158 e. The normalized spacial score (nSPS) is 15.9. The minimum absolute atomic E-state index is 0.138. The molecule has 5 aromatic heterocycles. The number of pyridine rings is 3. The molecule has 5 aromatic rings. The van der Waals surface area contributed by atoms with Gasteiger partial charge in [-0.25, -0.2) is 9.67 Å². The Morgan fingerprint density at radius 3 is 2.71 bits per heavy atom. The van der Waals surface area contributed by atoms with Crippen molar-refractivity contribution in [1.29, 1.82) is 0 Å². The second-order valence-corrected chi connectivity index (χ2v) is 9.80. The monoisotopic (exact) mass is 478 g/mol. The van der Waals surface area contributed by atoms with Crippen LogP contribution in [0.3, 0.4) is 0 Å². The molecule has 9 heteroatoms. The average molecular weight is 479 g/mol. The second kappa shape index (κ2) is 7.38. The maximum Gasteiger partial charge on any atom is 0.158 e. The van der Waals surface area contributed by atoms with E-state index in [-0.39, 0.29) is 6.04 Å². The number of nitrogens with zero attached hydrogens (tertiary/aromatic N) is 6. The summed E-state index contributed by atoms with van der Waals surface area (Å²) in [7, 11) is 5.96. The SMILES string of the molecule is CN(C)c1cncc(-c2cnc3c(c2)c(C2=C4NC4c4c(ccnc4-c4ccsc4)N2)nn3C)c1. The lowest BCUT2D eigenvalue weighted by molar-refractivity contribution is 0.781. The van der Waals surface area contributed by atoms with Crippen LogP contribution in [0, 0.1) is 0 Å². The van der Waals surface area contributed by atoms with Gasteiger partial charge in [-0.15, -0.1) is 0 Å². The molecular formula is C26H22N8S. The van der Waals surface area contributed by atoms with Crippen molar-refractivity contribution in [1.82, 2.24) is 30.0 Å². The molecule has 8 nitrogen and oxygen atoms in total. The molecule has 1 atom stereocenters. The third-order valence-electron chi connectivity index (χ3n) is 6.60. The summed E-state index contributed by atoms with van der Waals surface area (Å²) in [6.45, 7) is 0. The van der Waals surface area contributed by atoms with Gasteiger partial charge in [0.25, 0.3) is 0 Å². The molecule has 7 heterocycles. The van der Waals surface area contributed by atoms with E-state index < -0.39 is 0 Å². The van der Waals surface area contributed by atoms with Crippen LogP contribution in [0.5, 0.6) is 0 Å². The number of thiophene rings is 1. The molecular weight excluding hydrogens is 456 g/mol. The zero-order valence-electron chi connectivity index (χ0n) is 19.4. The number of anilines is 2. The molecule has 7 rings (SSSR count). The van der Waals surface area contributed by atoms with Crippen molar-refractivity contribution in [2.24, 2.45) is 7.05 Å². The summed E-state index contributed by atoms with van der Waals surface area (Å²) >= 11 is 1.68. The van der Waals surface area contributed by atoms with Crippen molar-refractivity contribution in [3.63, 3.8) is 0 Å². The maximum atomic E-state index is 4.87. The largest absolute Gasteiger partial charge is 0.376 e. The van der Waals surface area contributed by atoms with Crippen LogP contribution < -0.4 is 15.5 Å². The number of aryl methyl sites for hydroxylation is 1. The van der Waals surface area contributed by atoms with E-state index in [0.717, 1.165) is 61.9 Å². The number of nitrogens with one attached hydrogen (secondary N) is 2. The third kappa shape index (κ3) is 3.12. The molecule has 2 aliphatic heterocycles. The van der Waals surface area contributed by atoms with Gasteiger partial charge in [0.15, 0.2) is 5.65 Å². The number of hydrogen-bond donors (Lipinski definition) is 2. The van der Waals surface area contributed by atoms with Gasteiger partial charge in [-0.2, -0.15) is 16.4 Å². The quantitative estimate of drug-likeness (QED) is 0.363. The molecule has 0 spiro atoms. The van der Waals surface area contributed by atoms with E-state index >= 15 is 0 Å². The summed E-state index contributed by atoms with van der Waals surface area (Å²) in [6, 6.07) is 8.58. The van der Waals surface area contributed by atoms with Crippen LogP contribution in [-0.2, 0) is 7.05 Å². The molecule has 0 bridgehead atoms. The molecule has 1 fully saturated rings. The Balaban J connectivity index is 1.34. The molecule has 0 aromatic carbocycles. The van der Waals surface area contributed by atoms with Gasteiger partial charge in [-0.1, -0.05) is 0 Å². The van der Waals surface area contributed by atoms with Gasteiger partial charge >= 0.3 is 0 Å². The fraction of sp³-hybridized carbons (Fsp3) is 0.154. The molecule has 172 valence electrons. The average Bonchev–Trinajstić information content (AvgIpc) is 3.36. The summed E-state index contributed by atoms with van der Waals surface area (Å²) in [6.07, 6.45) is 7.49. The first-order valence-electron chi connectivity index (χ1n) is 11.3. The number of rotatable bonds is 4. The van der Waals surface area contributed by atoms with Gasteiger partial charge in [-0.3, -0.25) is 9.97 Å². The molecule has 2 aliphatic rings. The molecule has 0 amide bonds. The Morgan fingerprint density at radius 1 is 1.00 bits per heavy atom. The summed E-state index contributed by atoms with van der Waals surface area (Å²) in [5.41, 5.74) is 11.4. The van der Waals surface area contributed by atoms with E-state index in [9.17, 15) is 0 Å². The Labute approximate surface area is 206 Å². The molecule has 0 saturated carbocycles. The molecule has 1 unspecified atom stereocenters. The van der Waals surface area contributed by atoms with Gasteiger partial charge in [0, 0.05) is 78.4 Å². The molecule has 1 saturated heterocycles. The Bertz CT molecular complexity index is 1650. The van der Waals surface area contributed by atoms with Crippen LogP contribution >= 0.6 is 11.3 Å². The lowest BCUT2D eigenvalue weighted by atomic mass is 9.98. The van der Waals surface area contributed by atoms with Crippen LogP contribution in [-0.4, -0.2) is 38.8 Å². The molecule has 0 radical (unpaired) electrons. The zero-order chi connectivity index (χ0) is 23.7. The lowest BCUT2D eigenvalue weighted by Gasteiger charge is -2.18. The Morgan fingerprint density at radius 2 is 1.89 bits per heavy atom. The molecule has 0 aliphatic carbocycles. The summed E-state index contributed by atoms with van der Waals surface area (Å²) in [4.78, 5) is 15.9. The van der Waals surface area contributed by atoms with Crippen LogP contribution in [0.2, 0.25) is 0 Å².